The smallest absolute Gasteiger partial charge is 0.0761 e. The van der Waals surface area contributed by atoms with Crippen molar-refractivity contribution in [2.24, 2.45) is 5.41 Å². The van der Waals surface area contributed by atoms with Crippen LogP contribution in [0.25, 0.3) is 0 Å². The normalized spacial score (nSPS) is 15.9. The van der Waals surface area contributed by atoms with Gasteiger partial charge in [0.25, 0.3) is 0 Å². The highest BCUT2D eigenvalue weighted by Gasteiger charge is 2.31. The van der Waals surface area contributed by atoms with Gasteiger partial charge in [-0.3, -0.25) is 0 Å². The van der Waals surface area contributed by atoms with E-state index < -0.39 is 8.07 Å². The van der Waals surface area contributed by atoms with Crippen LogP contribution in [0.15, 0.2) is 11.8 Å². The van der Waals surface area contributed by atoms with Crippen LogP contribution in [-0.4, -0.2) is 19.3 Å². The van der Waals surface area contributed by atoms with Crippen molar-refractivity contribution in [2.45, 2.75) is 46.5 Å². The van der Waals surface area contributed by atoms with E-state index in [-0.39, 0.29) is 11.5 Å². The first-order chi connectivity index (χ1) is 5.07. The quantitative estimate of drug-likeness (QED) is 0.658. The van der Waals surface area contributed by atoms with Gasteiger partial charge in [-0.2, -0.15) is 0 Å². The van der Waals surface area contributed by atoms with E-state index in [1.54, 1.807) is 0 Å². The zero-order chi connectivity index (χ0) is 10.2. The van der Waals surface area contributed by atoms with Crippen molar-refractivity contribution < 1.29 is 5.11 Å². The van der Waals surface area contributed by atoms with Crippen LogP contribution in [0, 0.1) is 5.41 Å². The lowest BCUT2D eigenvalue weighted by atomic mass is 9.89. The van der Waals surface area contributed by atoms with Crippen LogP contribution in [-0.2, 0) is 0 Å². The summed E-state index contributed by atoms with van der Waals surface area (Å²) in [5.41, 5.74) is -0.0721. The van der Waals surface area contributed by atoms with Crippen LogP contribution in [0.5, 0.6) is 0 Å². The van der Waals surface area contributed by atoms with Crippen molar-refractivity contribution in [1.82, 2.24) is 0 Å². The van der Waals surface area contributed by atoms with Crippen molar-refractivity contribution in [1.29, 1.82) is 0 Å². The standard InChI is InChI=1S/C10H22OSi/c1-8(12(5,6)7)9(11)10(2,3)4/h9,11H,1H2,2-7H3. The number of hydrogen-bond donors (Lipinski definition) is 1. The van der Waals surface area contributed by atoms with Gasteiger partial charge in [-0.1, -0.05) is 45.6 Å². The first-order valence-corrected chi connectivity index (χ1v) is 7.94. The van der Waals surface area contributed by atoms with Gasteiger partial charge in [-0.15, -0.1) is 6.58 Å². The van der Waals surface area contributed by atoms with Crippen LogP contribution in [0.3, 0.4) is 0 Å². The Labute approximate surface area is 77.5 Å². The molecule has 0 saturated carbocycles. The molecule has 0 bridgehead atoms. The third kappa shape index (κ3) is 3.11. The zero-order valence-corrected chi connectivity index (χ0v) is 10.2. The molecule has 1 nitrogen and oxygen atoms in total. The summed E-state index contributed by atoms with van der Waals surface area (Å²) in [6, 6.07) is 0. The molecule has 0 aliphatic rings. The second-order valence-corrected chi connectivity index (χ2v) is 10.7. The van der Waals surface area contributed by atoms with E-state index in [9.17, 15) is 5.11 Å². The van der Waals surface area contributed by atoms with Gasteiger partial charge < -0.3 is 5.11 Å². The molecule has 2 heteroatoms. The Kier molecular flexibility index (Phi) is 3.32. The lowest BCUT2D eigenvalue weighted by molar-refractivity contribution is 0.101. The molecule has 1 N–H and O–H groups in total. The zero-order valence-electron chi connectivity index (χ0n) is 9.23. The summed E-state index contributed by atoms with van der Waals surface area (Å²) >= 11 is 0. The van der Waals surface area contributed by atoms with Crippen molar-refractivity contribution in [2.75, 3.05) is 0 Å². The van der Waals surface area contributed by atoms with E-state index in [4.69, 9.17) is 0 Å². The minimum Gasteiger partial charge on any atom is -0.389 e. The molecule has 0 heterocycles. The highest BCUT2D eigenvalue weighted by molar-refractivity contribution is 6.83. The number of aliphatic hydroxyl groups is 1. The predicted octanol–water partition coefficient (Wildman–Crippen LogP) is 2.83. The SMILES string of the molecule is C=C(C(O)C(C)(C)C)[Si](C)(C)C. The van der Waals surface area contributed by atoms with Gasteiger partial charge in [0.05, 0.1) is 14.2 Å². The summed E-state index contributed by atoms with van der Waals surface area (Å²) in [5, 5.41) is 11.0. The Morgan fingerprint density at radius 3 is 1.67 bits per heavy atom. The fourth-order valence-electron chi connectivity index (χ4n) is 0.933. The molecule has 0 aromatic heterocycles. The number of aliphatic hydroxyl groups excluding tert-OH is 1. The minimum atomic E-state index is -1.38. The second-order valence-electron chi connectivity index (χ2n) is 5.54. The summed E-state index contributed by atoms with van der Waals surface area (Å²) in [5.74, 6) is 0. The number of rotatable bonds is 2. The van der Waals surface area contributed by atoms with E-state index in [0.29, 0.717) is 0 Å². The van der Waals surface area contributed by atoms with Gasteiger partial charge in [-0.25, -0.2) is 0 Å². The van der Waals surface area contributed by atoms with Crippen LogP contribution in [0.2, 0.25) is 19.6 Å². The van der Waals surface area contributed by atoms with Gasteiger partial charge in [-0.05, 0) is 5.41 Å². The Morgan fingerprint density at radius 2 is 1.58 bits per heavy atom. The summed E-state index contributed by atoms with van der Waals surface area (Å²) in [6.45, 7) is 16.8. The molecule has 0 rings (SSSR count). The maximum atomic E-state index is 9.93. The van der Waals surface area contributed by atoms with Crippen LogP contribution < -0.4 is 0 Å². The molecule has 0 aromatic carbocycles. The largest absolute Gasteiger partial charge is 0.389 e. The van der Waals surface area contributed by atoms with E-state index in [1.165, 1.54) is 0 Å². The summed E-state index contributed by atoms with van der Waals surface area (Å²) < 4.78 is 0. The van der Waals surface area contributed by atoms with E-state index in [2.05, 4.69) is 26.2 Å². The summed E-state index contributed by atoms with van der Waals surface area (Å²) in [4.78, 5) is 0. The fourth-order valence-corrected chi connectivity index (χ4v) is 2.19. The molecular weight excluding hydrogens is 164 g/mol. The van der Waals surface area contributed by atoms with Crippen LogP contribution >= 0.6 is 0 Å². The molecular formula is C10H22OSi. The third-order valence-corrected chi connectivity index (χ3v) is 4.31. The summed E-state index contributed by atoms with van der Waals surface area (Å²) in [7, 11) is -1.38. The molecule has 1 atom stereocenters. The van der Waals surface area contributed by atoms with Gasteiger partial charge in [0, 0.05) is 0 Å². The maximum Gasteiger partial charge on any atom is 0.0761 e. The highest BCUT2D eigenvalue weighted by atomic mass is 28.3. The lowest BCUT2D eigenvalue weighted by Gasteiger charge is -2.33. The first-order valence-electron chi connectivity index (χ1n) is 4.44. The van der Waals surface area contributed by atoms with Gasteiger partial charge in [0.1, 0.15) is 0 Å². The molecule has 0 spiro atoms. The molecule has 0 aliphatic heterocycles. The topological polar surface area (TPSA) is 20.2 Å². The van der Waals surface area contributed by atoms with Crippen molar-refractivity contribution >= 4 is 8.07 Å². The fraction of sp³-hybridized carbons (Fsp3) is 0.800. The van der Waals surface area contributed by atoms with Crippen LogP contribution in [0.1, 0.15) is 20.8 Å². The van der Waals surface area contributed by atoms with Crippen molar-refractivity contribution in [3.8, 4) is 0 Å². The summed E-state index contributed by atoms with van der Waals surface area (Å²) in [6.07, 6.45) is -0.357. The first kappa shape index (κ1) is 11.9. The lowest BCUT2D eigenvalue weighted by Crippen LogP contribution is -2.38. The second kappa shape index (κ2) is 3.34. The maximum absolute atomic E-state index is 9.93. The van der Waals surface area contributed by atoms with E-state index in [0.717, 1.165) is 5.20 Å². The monoisotopic (exact) mass is 186 g/mol. The Hall–Kier alpha value is -0.0831. The van der Waals surface area contributed by atoms with Gasteiger partial charge in [0.15, 0.2) is 0 Å². The average molecular weight is 186 g/mol. The predicted molar refractivity (Wildman–Crippen MR) is 57.9 cm³/mol. The van der Waals surface area contributed by atoms with Crippen molar-refractivity contribution in [3.05, 3.63) is 11.8 Å². The molecule has 0 aliphatic carbocycles. The van der Waals surface area contributed by atoms with E-state index in [1.807, 2.05) is 20.8 Å². The average Bonchev–Trinajstić information content (AvgIpc) is 1.80. The molecule has 0 saturated heterocycles. The van der Waals surface area contributed by atoms with Gasteiger partial charge >= 0.3 is 0 Å². The molecule has 72 valence electrons. The molecule has 12 heavy (non-hydrogen) atoms. The van der Waals surface area contributed by atoms with Crippen molar-refractivity contribution in [3.63, 3.8) is 0 Å². The Balaban J connectivity index is 4.53. The Morgan fingerprint density at radius 1 is 1.25 bits per heavy atom. The minimum absolute atomic E-state index is 0.0721. The van der Waals surface area contributed by atoms with Gasteiger partial charge in [0.2, 0.25) is 0 Å². The molecule has 0 radical (unpaired) electrons. The Bertz CT molecular complexity index is 171. The molecule has 0 aromatic rings. The number of hydrogen-bond acceptors (Lipinski definition) is 1. The highest BCUT2D eigenvalue weighted by Crippen LogP contribution is 2.28. The third-order valence-electron chi connectivity index (χ3n) is 2.11. The molecule has 0 amide bonds. The van der Waals surface area contributed by atoms with E-state index >= 15 is 0 Å². The molecule has 0 fully saturated rings. The van der Waals surface area contributed by atoms with Crippen LogP contribution in [0.4, 0.5) is 0 Å². The molecule has 1 unspecified atom stereocenters.